The van der Waals surface area contributed by atoms with Gasteiger partial charge in [0.15, 0.2) is 0 Å². The molecule has 0 fully saturated rings. The second-order valence-electron chi connectivity index (χ2n) is 10.9. The van der Waals surface area contributed by atoms with Crippen molar-refractivity contribution in [2.24, 2.45) is 0 Å². The summed E-state index contributed by atoms with van der Waals surface area (Å²) in [5.74, 6) is -7.56. The highest BCUT2D eigenvalue weighted by Gasteiger charge is 2.18. The summed E-state index contributed by atoms with van der Waals surface area (Å²) in [4.78, 5) is 64.4. The number of aryl methyl sites for hydroxylation is 4. The maximum Gasteiger partial charge on any atom is 0.417 e. The third-order valence-corrected chi connectivity index (χ3v) is 6.48. The number of benzene rings is 4. The Bertz CT molecular complexity index is 1480. The Kier molecular flexibility index (Phi) is 16.6. The van der Waals surface area contributed by atoms with E-state index in [1.54, 1.807) is 0 Å². The molecule has 0 aliphatic carbocycles. The zero-order chi connectivity index (χ0) is 37.1. The molecule has 0 unspecified atom stereocenters. The first-order valence-electron chi connectivity index (χ1n) is 15.1. The molecule has 262 valence electrons. The van der Waals surface area contributed by atoms with E-state index in [1.807, 2.05) is 125 Å². The average molecular weight is 687 g/mol. The Balaban J connectivity index is 0.000000299. The van der Waals surface area contributed by atoms with Crippen LogP contribution in [0.3, 0.4) is 0 Å². The van der Waals surface area contributed by atoms with E-state index in [2.05, 4.69) is 0 Å². The normalized spacial score (nSPS) is 9.76. The lowest BCUT2D eigenvalue weighted by Crippen LogP contribution is -2.20. The number of esters is 4. The molecule has 2 N–H and O–H groups in total. The molecule has 4 aromatic rings. The van der Waals surface area contributed by atoms with Crippen molar-refractivity contribution < 1.29 is 57.9 Å². The number of hydrogen-bond donors (Lipinski definition) is 2. The lowest BCUT2D eigenvalue weighted by Gasteiger charge is -2.06. The maximum absolute atomic E-state index is 11.6. The van der Waals surface area contributed by atoms with Gasteiger partial charge in [-0.05, 0) is 49.9 Å². The summed E-state index contributed by atoms with van der Waals surface area (Å²) < 4.78 is 19.7. The van der Waals surface area contributed by atoms with Crippen LogP contribution < -0.4 is 0 Å². The zero-order valence-electron chi connectivity index (χ0n) is 28.0. The van der Waals surface area contributed by atoms with Gasteiger partial charge in [0, 0.05) is 0 Å². The predicted octanol–water partition coefficient (Wildman–Crippen LogP) is 5.34. The molecule has 0 spiro atoms. The predicted molar refractivity (Wildman–Crippen MR) is 179 cm³/mol. The third-order valence-electron chi connectivity index (χ3n) is 6.48. The van der Waals surface area contributed by atoms with Gasteiger partial charge in [-0.2, -0.15) is 0 Å². The number of carboxylic acids is 2. The summed E-state index contributed by atoms with van der Waals surface area (Å²) in [7, 11) is 0. The van der Waals surface area contributed by atoms with Crippen LogP contribution in [0.2, 0.25) is 0 Å². The van der Waals surface area contributed by atoms with Crippen LogP contribution in [0.5, 0.6) is 0 Å². The van der Waals surface area contributed by atoms with Crippen LogP contribution in [-0.2, 0) is 74.1 Å². The van der Waals surface area contributed by atoms with Crippen LogP contribution >= 0.6 is 0 Å². The number of carbonyl (C=O) groups excluding carboxylic acids is 4. The van der Waals surface area contributed by atoms with Crippen LogP contribution in [0.4, 0.5) is 0 Å². The Morgan fingerprint density at radius 2 is 0.520 bits per heavy atom. The first-order valence-corrected chi connectivity index (χ1v) is 15.1. The van der Waals surface area contributed by atoms with Crippen LogP contribution in [0.1, 0.15) is 44.5 Å². The van der Waals surface area contributed by atoms with Crippen LogP contribution in [0, 0.1) is 27.7 Å². The molecular weight excluding hydrogens is 648 g/mol. The number of ether oxygens (including phenoxy) is 4. The molecule has 0 aromatic heterocycles. The molecule has 0 amide bonds. The Hall–Kier alpha value is -6.30. The van der Waals surface area contributed by atoms with Gasteiger partial charge in [-0.3, -0.25) is 0 Å². The molecule has 0 atom stereocenters. The lowest BCUT2D eigenvalue weighted by atomic mass is 10.2. The molecule has 0 aliphatic rings. The van der Waals surface area contributed by atoms with Crippen molar-refractivity contribution in [3.8, 4) is 0 Å². The largest absolute Gasteiger partial charge is 0.473 e. The number of aliphatic carboxylic acids is 2. The molecule has 50 heavy (non-hydrogen) atoms. The third kappa shape index (κ3) is 16.0. The average Bonchev–Trinajstić information content (AvgIpc) is 3.10. The first kappa shape index (κ1) is 39.9. The van der Waals surface area contributed by atoms with Crippen LogP contribution in [0.25, 0.3) is 0 Å². The van der Waals surface area contributed by atoms with Crippen LogP contribution in [0.15, 0.2) is 97.1 Å². The fraction of sp³-hybridized carbons (Fsp3) is 0.211. The van der Waals surface area contributed by atoms with Crippen molar-refractivity contribution in [3.05, 3.63) is 142 Å². The van der Waals surface area contributed by atoms with Crippen molar-refractivity contribution in [1.29, 1.82) is 0 Å². The monoisotopic (exact) mass is 686 g/mol. The van der Waals surface area contributed by atoms with Gasteiger partial charge in [0.25, 0.3) is 0 Å². The van der Waals surface area contributed by atoms with Gasteiger partial charge >= 0.3 is 35.8 Å². The maximum atomic E-state index is 11.6. The summed E-state index contributed by atoms with van der Waals surface area (Å²) in [6.07, 6.45) is 0. The Morgan fingerprint density at radius 3 is 0.660 bits per heavy atom. The van der Waals surface area contributed by atoms with Crippen molar-refractivity contribution in [3.63, 3.8) is 0 Å². The molecule has 12 heteroatoms. The Morgan fingerprint density at radius 1 is 0.360 bits per heavy atom. The van der Waals surface area contributed by atoms with Gasteiger partial charge in [-0.15, -0.1) is 0 Å². The van der Waals surface area contributed by atoms with Gasteiger partial charge in [0.2, 0.25) is 0 Å². The van der Waals surface area contributed by atoms with E-state index >= 15 is 0 Å². The van der Waals surface area contributed by atoms with Gasteiger partial charge in [-0.25, -0.2) is 28.8 Å². The zero-order valence-corrected chi connectivity index (χ0v) is 28.0. The van der Waals surface area contributed by atoms with Gasteiger partial charge < -0.3 is 29.2 Å². The van der Waals surface area contributed by atoms with Gasteiger partial charge in [0.05, 0.1) is 0 Å². The molecule has 0 radical (unpaired) electrons. The second-order valence-corrected chi connectivity index (χ2v) is 10.9. The summed E-state index contributed by atoms with van der Waals surface area (Å²) in [5.41, 5.74) is 7.77. The summed E-state index contributed by atoms with van der Waals surface area (Å²) in [6, 6.07) is 30.1. The molecular formula is C38H38O12. The minimum absolute atomic E-state index is 0.0543. The highest BCUT2D eigenvalue weighted by atomic mass is 16.6. The molecule has 4 rings (SSSR count). The standard InChI is InChI=1S/2C18H18O4.C2H2O4/c2*1-13-3-7-15(8-4-13)11-21-17(19)18(20)22-12-16-9-5-14(2)6-10-16;3-1(4)2(5)6/h2*3-10H,11-12H2,1-2H3;(H,3,4)(H,5,6). The smallest absolute Gasteiger partial charge is 0.417 e. The fourth-order valence-corrected chi connectivity index (χ4v) is 3.57. The van der Waals surface area contributed by atoms with E-state index in [0.717, 1.165) is 44.5 Å². The van der Waals surface area contributed by atoms with E-state index in [4.69, 9.17) is 38.7 Å². The molecule has 0 saturated heterocycles. The molecule has 12 nitrogen and oxygen atoms in total. The molecule has 0 aliphatic heterocycles. The van der Waals surface area contributed by atoms with E-state index < -0.39 is 35.8 Å². The molecule has 0 saturated carbocycles. The number of carboxylic acid groups (broad SMARTS) is 2. The number of carbonyl (C=O) groups is 6. The molecule has 0 heterocycles. The first-order chi connectivity index (χ1) is 23.7. The minimum atomic E-state index is -1.82. The second kappa shape index (κ2) is 20.8. The summed E-state index contributed by atoms with van der Waals surface area (Å²) in [5, 5.41) is 14.8. The summed E-state index contributed by atoms with van der Waals surface area (Å²) in [6.45, 7) is 8.10. The van der Waals surface area contributed by atoms with E-state index in [0.29, 0.717) is 0 Å². The van der Waals surface area contributed by atoms with Crippen molar-refractivity contribution >= 4 is 35.8 Å². The highest BCUT2D eigenvalue weighted by Crippen LogP contribution is 2.09. The van der Waals surface area contributed by atoms with Crippen LogP contribution in [-0.4, -0.2) is 46.0 Å². The molecule has 4 aromatic carbocycles. The lowest BCUT2D eigenvalue weighted by molar-refractivity contribution is -0.169. The van der Waals surface area contributed by atoms with Gasteiger partial charge in [0.1, 0.15) is 26.4 Å². The van der Waals surface area contributed by atoms with E-state index in [1.165, 1.54) is 0 Å². The van der Waals surface area contributed by atoms with E-state index in [9.17, 15) is 19.2 Å². The van der Waals surface area contributed by atoms with E-state index in [-0.39, 0.29) is 26.4 Å². The minimum Gasteiger partial charge on any atom is -0.473 e. The van der Waals surface area contributed by atoms with Crippen molar-refractivity contribution in [1.82, 2.24) is 0 Å². The SMILES string of the molecule is Cc1ccc(COC(=O)C(=O)OCc2ccc(C)cc2)cc1.Cc1ccc(COC(=O)C(=O)OCc2ccc(C)cc2)cc1.O=C(O)C(=O)O. The van der Waals surface area contributed by atoms with Crippen molar-refractivity contribution in [2.75, 3.05) is 0 Å². The quantitative estimate of drug-likeness (QED) is 0.138. The fourth-order valence-electron chi connectivity index (χ4n) is 3.57. The van der Waals surface area contributed by atoms with Crippen molar-refractivity contribution in [2.45, 2.75) is 54.1 Å². The summed E-state index contributed by atoms with van der Waals surface area (Å²) >= 11 is 0. The van der Waals surface area contributed by atoms with Gasteiger partial charge in [-0.1, -0.05) is 119 Å². The Labute approximate surface area is 289 Å². The number of hydrogen-bond acceptors (Lipinski definition) is 10. The molecule has 0 bridgehead atoms. The number of rotatable bonds is 8. The highest BCUT2D eigenvalue weighted by molar-refractivity contribution is 6.30. The topological polar surface area (TPSA) is 180 Å².